The Hall–Kier alpha value is -1.19. The van der Waals surface area contributed by atoms with Gasteiger partial charge in [-0.3, -0.25) is 0 Å². The van der Waals surface area contributed by atoms with Crippen LogP contribution in [0, 0.1) is 0 Å². The Bertz CT molecular complexity index is 497. The molecule has 0 saturated carbocycles. The highest BCUT2D eigenvalue weighted by molar-refractivity contribution is 9.10. The number of hydrogen-bond donors (Lipinski definition) is 1. The monoisotopic (exact) mass is 277 g/mol. The maximum absolute atomic E-state index is 9.70. The predicted molar refractivity (Wildman–Crippen MR) is 68.0 cm³/mol. The van der Waals surface area contributed by atoms with Gasteiger partial charge in [0, 0.05) is 5.56 Å². The van der Waals surface area contributed by atoms with E-state index in [0.717, 1.165) is 21.4 Å². The smallest absolute Gasteiger partial charge is 0.106 e. The first kappa shape index (κ1) is 11.3. The molecule has 0 bridgehead atoms. The Morgan fingerprint density at radius 2 is 1.88 bits per heavy atom. The van der Waals surface area contributed by atoms with Gasteiger partial charge >= 0.3 is 0 Å². The second-order valence-electron chi connectivity index (χ2n) is 3.61. The first-order valence-electron chi connectivity index (χ1n) is 5.08. The summed E-state index contributed by atoms with van der Waals surface area (Å²) in [5.41, 5.74) is 2.73. The Morgan fingerprint density at radius 3 is 2.56 bits per heavy atom. The maximum Gasteiger partial charge on any atom is 0.106 e. The number of hydrogen-bond acceptors (Lipinski definition) is 2. The third-order valence-electron chi connectivity index (χ3n) is 2.40. The molecule has 1 unspecified atom stereocenters. The van der Waals surface area contributed by atoms with Crippen LogP contribution in [0.5, 0.6) is 0 Å². The van der Waals surface area contributed by atoms with Crippen LogP contribution in [0.25, 0.3) is 11.3 Å². The normalized spacial score (nSPS) is 12.4. The highest BCUT2D eigenvalue weighted by atomic mass is 79.9. The van der Waals surface area contributed by atoms with Gasteiger partial charge in [-0.2, -0.15) is 0 Å². The van der Waals surface area contributed by atoms with Gasteiger partial charge in [0.05, 0.1) is 11.8 Å². The fourth-order valence-corrected chi connectivity index (χ4v) is 2.00. The zero-order valence-electron chi connectivity index (χ0n) is 8.89. The van der Waals surface area contributed by atoms with E-state index < -0.39 is 6.10 Å². The maximum atomic E-state index is 9.70. The summed E-state index contributed by atoms with van der Waals surface area (Å²) in [6.45, 7) is 1.76. The van der Waals surface area contributed by atoms with E-state index in [1.807, 2.05) is 42.5 Å². The molecule has 3 heteroatoms. The van der Waals surface area contributed by atoms with Crippen LogP contribution in [0.3, 0.4) is 0 Å². The standard InChI is InChI=1S/C13H12BrNO/c1-9(16)10-5-2-3-6-11(10)12-7-4-8-13(14)15-12/h2-9,16H,1H3. The number of aliphatic hydroxyl groups is 1. The minimum atomic E-state index is -0.489. The molecule has 2 rings (SSSR count). The number of nitrogens with zero attached hydrogens (tertiary/aromatic N) is 1. The van der Waals surface area contributed by atoms with Gasteiger partial charge < -0.3 is 5.11 Å². The van der Waals surface area contributed by atoms with Gasteiger partial charge in [0.1, 0.15) is 4.60 Å². The summed E-state index contributed by atoms with van der Waals surface area (Å²) >= 11 is 3.35. The molecule has 0 amide bonds. The molecule has 0 spiro atoms. The van der Waals surface area contributed by atoms with Crippen molar-refractivity contribution in [2.24, 2.45) is 0 Å². The number of benzene rings is 1. The van der Waals surface area contributed by atoms with Crippen LogP contribution in [0.15, 0.2) is 47.1 Å². The second kappa shape index (κ2) is 4.76. The fraction of sp³-hybridized carbons (Fsp3) is 0.154. The molecule has 1 aromatic carbocycles. The van der Waals surface area contributed by atoms with Crippen LogP contribution in [0.2, 0.25) is 0 Å². The van der Waals surface area contributed by atoms with E-state index in [1.54, 1.807) is 6.92 Å². The third kappa shape index (κ3) is 2.31. The van der Waals surface area contributed by atoms with Gasteiger partial charge in [0.25, 0.3) is 0 Å². The molecule has 0 aliphatic rings. The number of aliphatic hydroxyl groups excluding tert-OH is 1. The van der Waals surface area contributed by atoms with E-state index in [2.05, 4.69) is 20.9 Å². The van der Waals surface area contributed by atoms with Crippen LogP contribution in [0.4, 0.5) is 0 Å². The van der Waals surface area contributed by atoms with E-state index in [4.69, 9.17) is 0 Å². The average molecular weight is 278 g/mol. The van der Waals surface area contributed by atoms with Crippen molar-refractivity contribution in [3.63, 3.8) is 0 Å². The molecule has 1 aromatic heterocycles. The zero-order valence-corrected chi connectivity index (χ0v) is 10.5. The molecule has 0 fully saturated rings. The molecule has 0 aliphatic carbocycles. The molecule has 16 heavy (non-hydrogen) atoms. The summed E-state index contributed by atoms with van der Waals surface area (Å²) in [7, 11) is 0. The van der Waals surface area contributed by atoms with Crippen molar-refractivity contribution in [3.05, 3.63) is 52.6 Å². The summed E-state index contributed by atoms with van der Waals surface area (Å²) in [5, 5.41) is 9.70. The third-order valence-corrected chi connectivity index (χ3v) is 2.84. The SMILES string of the molecule is CC(O)c1ccccc1-c1cccc(Br)n1. The number of rotatable bonds is 2. The first-order chi connectivity index (χ1) is 7.68. The van der Waals surface area contributed by atoms with E-state index in [1.165, 1.54) is 0 Å². The Labute approximate surface area is 103 Å². The number of pyridine rings is 1. The van der Waals surface area contributed by atoms with Crippen molar-refractivity contribution in [1.29, 1.82) is 0 Å². The lowest BCUT2D eigenvalue weighted by Crippen LogP contribution is -1.95. The lowest BCUT2D eigenvalue weighted by atomic mass is 10.0. The number of aromatic nitrogens is 1. The molecule has 1 atom stereocenters. The van der Waals surface area contributed by atoms with Crippen LogP contribution >= 0.6 is 15.9 Å². The molecule has 0 aliphatic heterocycles. The van der Waals surface area contributed by atoms with Gasteiger partial charge in [-0.05, 0) is 40.5 Å². The molecule has 2 aromatic rings. The molecular formula is C13H12BrNO. The summed E-state index contributed by atoms with van der Waals surface area (Å²) in [5.74, 6) is 0. The van der Waals surface area contributed by atoms with Crippen LogP contribution in [-0.4, -0.2) is 10.1 Å². The van der Waals surface area contributed by atoms with Gasteiger partial charge in [0.2, 0.25) is 0 Å². The highest BCUT2D eigenvalue weighted by Crippen LogP contribution is 2.27. The fourth-order valence-electron chi connectivity index (χ4n) is 1.65. The van der Waals surface area contributed by atoms with Crippen molar-refractivity contribution in [2.45, 2.75) is 13.0 Å². The van der Waals surface area contributed by atoms with Gasteiger partial charge in [-0.25, -0.2) is 4.98 Å². The Morgan fingerprint density at radius 1 is 1.12 bits per heavy atom. The predicted octanol–water partition coefficient (Wildman–Crippen LogP) is 3.56. The topological polar surface area (TPSA) is 33.1 Å². The molecule has 2 nitrogen and oxygen atoms in total. The van der Waals surface area contributed by atoms with Gasteiger partial charge in [0.15, 0.2) is 0 Å². The minimum Gasteiger partial charge on any atom is -0.389 e. The zero-order chi connectivity index (χ0) is 11.5. The highest BCUT2D eigenvalue weighted by Gasteiger charge is 2.09. The molecule has 1 heterocycles. The van der Waals surface area contributed by atoms with Crippen LogP contribution in [0.1, 0.15) is 18.6 Å². The molecular weight excluding hydrogens is 266 g/mol. The molecule has 1 N–H and O–H groups in total. The Kier molecular flexibility index (Phi) is 3.36. The first-order valence-corrected chi connectivity index (χ1v) is 5.87. The largest absolute Gasteiger partial charge is 0.389 e. The molecule has 0 radical (unpaired) electrons. The molecule has 0 saturated heterocycles. The second-order valence-corrected chi connectivity index (χ2v) is 4.42. The van der Waals surface area contributed by atoms with Crippen LogP contribution in [-0.2, 0) is 0 Å². The van der Waals surface area contributed by atoms with Gasteiger partial charge in [-0.15, -0.1) is 0 Å². The minimum absolute atomic E-state index is 0.489. The lowest BCUT2D eigenvalue weighted by Gasteiger charge is -2.11. The number of halogens is 1. The van der Waals surface area contributed by atoms with Crippen molar-refractivity contribution in [1.82, 2.24) is 4.98 Å². The summed E-state index contributed by atoms with van der Waals surface area (Å²) in [6.07, 6.45) is -0.489. The van der Waals surface area contributed by atoms with E-state index in [9.17, 15) is 5.11 Å². The average Bonchev–Trinajstić information content (AvgIpc) is 2.29. The Balaban J connectivity index is 2.55. The summed E-state index contributed by atoms with van der Waals surface area (Å²) in [4.78, 5) is 4.39. The van der Waals surface area contributed by atoms with Crippen molar-refractivity contribution >= 4 is 15.9 Å². The lowest BCUT2D eigenvalue weighted by molar-refractivity contribution is 0.200. The van der Waals surface area contributed by atoms with E-state index in [-0.39, 0.29) is 0 Å². The van der Waals surface area contributed by atoms with Gasteiger partial charge in [-0.1, -0.05) is 30.3 Å². The quantitative estimate of drug-likeness (QED) is 0.852. The van der Waals surface area contributed by atoms with E-state index in [0.29, 0.717) is 0 Å². The van der Waals surface area contributed by atoms with Crippen molar-refractivity contribution in [3.8, 4) is 11.3 Å². The van der Waals surface area contributed by atoms with Crippen molar-refractivity contribution in [2.75, 3.05) is 0 Å². The molecule has 82 valence electrons. The van der Waals surface area contributed by atoms with Crippen LogP contribution < -0.4 is 0 Å². The summed E-state index contributed by atoms with van der Waals surface area (Å²) < 4.78 is 0.797. The summed E-state index contributed by atoms with van der Waals surface area (Å²) in [6, 6.07) is 13.5. The van der Waals surface area contributed by atoms with E-state index >= 15 is 0 Å². The van der Waals surface area contributed by atoms with Crippen molar-refractivity contribution < 1.29 is 5.11 Å².